The molecule has 1 aliphatic heterocycles. The maximum atomic E-state index is 12.5. The van der Waals surface area contributed by atoms with E-state index in [1.807, 2.05) is 11.0 Å². The Kier molecular flexibility index (Phi) is 5.69. The smallest absolute Gasteiger partial charge is 0.406 e. The van der Waals surface area contributed by atoms with Crippen LogP contribution in [0.5, 0.6) is 5.75 Å². The quantitative estimate of drug-likeness (QED) is 0.798. The Bertz CT molecular complexity index is 691. The summed E-state index contributed by atoms with van der Waals surface area (Å²) in [5, 5.41) is 8.56. The Morgan fingerprint density at radius 2 is 1.71 bits per heavy atom. The van der Waals surface area contributed by atoms with Gasteiger partial charge in [0.15, 0.2) is 0 Å². The number of rotatable bonds is 5. The third kappa shape index (κ3) is 4.83. The van der Waals surface area contributed by atoms with Gasteiger partial charge in [0.05, 0.1) is 11.0 Å². The third-order valence-electron chi connectivity index (χ3n) is 3.57. The van der Waals surface area contributed by atoms with E-state index in [2.05, 4.69) is 4.74 Å². The second-order valence-corrected chi connectivity index (χ2v) is 7.11. The van der Waals surface area contributed by atoms with Crippen molar-refractivity contribution in [2.24, 2.45) is 0 Å². The molecule has 0 unspecified atom stereocenters. The predicted octanol–water partition coefficient (Wildman–Crippen LogP) is 1.81. The summed E-state index contributed by atoms with van der Waals surface area (Å²) in [5.41, 5.74) is 0. The average molecular weight is 363 g/mol. The minimum Gasteiger partial charge on any atom is -0.406 e. The first kappa shape index (κ1) is 18.5. The summed E-state index contributed by atoms with van der Waals surface area (Å²) in [5.74, 6) is -0.470. The highest BCUT2D eigenvalue weighted by atomic mass is 32.2. The van der Waals surface area contributed by atoms with Gasteiger partial charge in [0, 0.05) is 39.1 Å². The molecule has 0 N–H and O–H groups in total. The SMILES string of the molecule is N#CCCN1CCN(S(=O)(=O)c2ccc(OC(F)(F)F)cc2)CC1. The molecule has 0 atom stereocenters. The van der Waals surface area contributed by atoms with Gasteiger partial charge in [-0.2, -0.15) is 9.57 Å². The molecule has 10 heteroatoms. The Hall–Kier alpha value is -1.83. The van der Waals surface area contributed by atoms with E-state index >= 15 is 0 Å². The summed E-state index contributed by atoms with van der Waals surface area (Å²) in [4.78, 5) is 1.91. The van der Waals surface area contributed by atoms with Crippen molar-refractivity contribution in [2.45, 2.75) is 17.7 Å². The molecule has 2 rings (SSSR count). The van der Waals surface area contributed by atoms with Crippen molar-refractivity contribution in [1.29, 1.82) is 5.26 Å². The first-order valence-electron chi connectivity index (χ1n) is 7.17. The zero-order chi connectivity index (χ0) is 17.8. The lowest BCUT2D eigenvalue weighted by molar-refractivity contribution is -0.274. The lowest BCUT2D eigenvalue weighted by atomic mass is 10.3. The minimum atomic E-state index is -4.82. The highest BCUT2D eigenvalue weighted by Crippen LogP contribution is 2.25. The van der Waals surface area contributed by atoms with Gasteiger partial charge in [-0.3, -0.25) is 4.90 Å². The molecule has 0 aromatic heterocycles. The fraction of sp³-hybridized carbons (Fsp3) is 0.500. The lowest BCUT2D eigenvalue weighted by Gasteiger charge is -2.33. The molecule has 0 radical (unpaired) electrons. The number of halogens is 3. The largest absolute Gasteiger partial charge is 0.573 e. The van der Waals surface area contributed by atoms with Crippen LogP contribution in [0.25, 0.3) is 0 Å². The number of alkyl halides is 3. The lowest BCUT2D eigenvalue weighted by Crippen LogP contribution is -2.48. The van der Waals surface area contributed by atoms with Crippen molar-refractivity contribution >= 4 is 10.0 Å². The number of piperazine rings is 1. The predicted molar refractivity (Wildman–Crippen MR) is 78.6 cm³/mol. The van der Waals surface area contributed by atoms with Gasteiger partial charge in [0.2, 0.25) is 10.0 Å². The zero-order valence-corrected chi connectivity index (χ0v) is 13.5. The first-order chi connectivity index (χ1) is 11.2. The molecule has 132 valence electrons. The number of nitrogens with zero attached hydrogens (tertiary/aromatic N) is 3. The van der Waals surface area contributed by atoms with Crippen LogP contribution in [0.2, 0.25) is 0 Å². The van der Waals surface area contributed by atoms with Crippen LogP contribution in [0.1, 0.15) is 6.42 Å². The normalized spacial score (nSPS) is 17.4. The van der Waals surface area contributed by atoms with Gasteiger partial charge in [-0.25, -0.2) is 8.42 Å². The second-order valence-electron chi connectivity index (χ2n) is 5.17. The Morgan fingerprint density at radius 3 is 2.21 bits per heavy atom. The number of hydrogen-bond donors (Lipinski definition) is 0. The van der Waals surface area contributed by atoms with E-state index in [-0.39, 0.29) is 18.0 Å². The van der Waals surface area contributed by atoms with Crippen molar-refractivity contribution in [3.63, 3.8) is 0 Å². The minimum absolute atomic E-state index is 0.0810. The number of benzene rings is 1. The average Bonchev–Trinajstić information content (AvgIpc) is 2.52. The molecule has 0 saturated carbocycles. The highest BCUT2D eigenvalue weighted by molar-refractivity contribution is 7.89. The molecular formula is C14H16F3N3O3S. The van der Waals surface area contributed by atoms with Crippen molar-refractivity contribution in [3.8, 4) is 11.8 Å². The van der Waals surface area contributed by atoms with Gasteiger partial charge < -0.3 is 4.74 Å². The monoisotopic (exact) mass is 363 g/mol. The molecule has 24 heavy (non-hydrogen) atoms. The standard InChI is InChI=1S/C14H16F3N3O3S/c15-14(16,17)23-12-2-4-13(5-3-12)24(21,22)20-10-8-19(9-11-20)7-1-6-18/h2-5H,1,7-11H2. The van der Waals surface area contributed by atoms with E-state index in [1.54, 1.807) is 0 Å². The van der Waals surface area contributed by atoms with Crippen molar-refractivity contribution in [3.05, 3.63) is 24.3 Å². The van der Waals surface area contributed by atoms with Gasteiger partial charge in [-0.05, 0) is 24.3 Å². The molecule has 1 saturated heterocycles. The Balaban J connectivity index is 2.02. The van der Waals surface area contributed by atoms with E-state index in [0.29, 0.717) is 26.1 Å². The number of ether oxygens (including phenoxy) is 1. The van der Waals surface area contributed by atoms with E-state index < -0.39 is 22.1 Å². The molecule has 1 aromatic carbocycles. The molecule has 0 spiro atoms. The summed E-state index contributed by atoms with van der Waals surface area (Å²) < 4.78 is 66.4. The molecule has 0 bridgehead atoms. The number of nitriles is 1. The van der Waals surface area contributed by atoms with E-state index in [0.717, 1.165) is 24.3 Å². The zero-order valence-electron chi connectivity index (χ0n) is 12.7. The summed E-state index contributed by atoms with van der Waals surface area (Å²) in [6, 6.07) is 6.18. The van der Waals surface area contributed by atoms with Crippen molar-refractivity contribution in [1.82, 2.24) is 9.21 Å². The molecule has 1 aromatic rings. The third-order valence-corrected chi connectivity index (χ3v) is 5.48. The van der Waals surface area contributed by atoms with Crippen LogP contribution in [0.15, 0.2) is 29.2 Å². The topological polar surface area (TPSA) is 73.6 Å². The van der Waals surface area contributed by atoms with Crippen LogP contribution < -0.4 is 4.74 Å². The van der Waals surface area contributed by atoms with Crippen LogP contribution >= 0.6 is 0 Å². The molecule has 1 aliphatic rings. The fourth-order valence-corrected chi connectivity index (χ4v) is 3.79. The van der Waals surface area contributed by atoms with Crippen LogP contribution in [0.3, 0.4) is 0 Å². The van der Waals surface area contributed by atoms with E-state index in [1.165, 1.54) is 4.31 Å². The van der Waals surface area contributed by atoms with Crippen molar-refractivity contribution < 1.29 is 26.3 Å². The number of hydrogen-bond acceptors (Lipinski definition) is 5. The summed E-state index contributed by atoms with van der Waals surface area (Å²) >= 11 is 0. The summed E-state index contributed by atoms with van der Waals surface area (Å²) in [6.45, 7) is 2.16. The van der Waals surface area contributed by atoms with Crippen LogP contribution in [-0.4, -0.2) is 56.7 Å². The van der Waals surface area contributed by atoms with Gasteiger partial charge in [-0.15, -0.1) is 13.2 Å². The van der Waals surface area contributed by atoms with Crippen LogP contribution in [0, 0.1) is 11.3 Å². The van der Waals surface area contributed by atoms with E-state index in [9.17, 15) is 21.6 Å². The summed E-state index contributed by atoms with van der Waals surface area (Å²) in [6.07, 6.45) is -4.44. The number of sulfonamides is 1. The molecule has 0 amide bonds. The first-order valence-corrected chi connectivity index (χ1v) is 8.61. The fourth-order valence-electron chi connectivity index (χ4n) is 2.36. The van der Waals surface area contributed by atoms with Gasteiger partial charge in [0.1, 0.15) is 5.75 Å². The molecule has 0 aliphatic carbocycles. The molecule has 1 fully saturated rings. The summed E-state index contributed by atoms with van der Waals surface area (Å²) in [7, 11) is -3.76. The molecule has 1 heterocycles. The second kappa shape index (κ2) is 7.38. The molecule has 6 nitrogen and oxygen atoms in total. The van der Waals surface area contributed by atoms with E-state index in [4.69, 9.17) is 5.26 Å². The van der Waals surface area contributed by atoms with Gasteiger partial charge >= 0.3 is 6.36 Å². The molecular weight excluding hydrogens is 347 g/mol. The Labute approximate surface area is 138 Å². The van der Waals surface area contributed by atoms with Crippen molar-refractivity contribution in [2.75, 3.05) is 32.7 Å². The Morgan fingerprint density at radius 1 is 1.12 bits per heavy atom. The van der Waals surface area contributed by atoms with Crippen LogP contribution in [0.4, 0.5) is 13.2 Å². The van der Waals surface area contributed by atoms with Gasteiger partial charge in [0.25, 0.3) is 0 Å². The van der Waals surface area contributed by atoms with Crippen LogP contribution in [-0.2, 0) is 10.0 Å². The highest BCUT2D eigenvalue weighted by Gasteiger charge is 2.32. The van der Waals surface area contributed by atoms with Gasteiger partial charge in [-0.1, -0.05) is 0 Å². The maximum Gasteiger partial charge on any atom is 0.573 e. The maximum absolute atomic E-state index is 12.5.